The summed E-state index contributed by atoms with van der Waals surface area (Å²) in [6.07, 6.45) is -0.0124. The molecule has 9 nitrogen and oxygen atoms in total. The monoisotopic (exact) mass is 519 g/mol. The SMILES string of the molecule is COc1ccc(CN2C(=O)C[C@H](C(=O)Nc3ccc(C(=O)O)cc3)SC2=Nc2ccc(OC)cc2)cc1. The molecule has 0 unspecified atom stereocenters. The average molecular weight is 520 g/mol. The minimum atomic E-state index is -1.05. The number of carboxylic acids is 1. The van der Waals surface area contributed by atoms with Crippen molar-refractivity contribution in [2.75, 3.05) is 19.5 Å². The second-order valence-corrected chi connectivity index (χ2v) is 9.27. The third-order valence-electron chi connectivity index (χ3n) is 5.63. The van der Waals surface area contributed by atoms with Gasteiger partial charge in [0.2, 0.25) is 11.8 Å². The third kappa shape index (κ3) is 6.47. The standard InChI is InChI=1S/C27H25N3O6S/c1-35-21-11-3-17(4-12-21)16-30-24(31)15-23(25(32)28-19-7-5-18(6-8-19)26(33)34)37-27(30)29-20-9-13-22(36-2)14-10-20/h3-14,23H,15-16H2,1-2H3,(H,28,32)(H,33,34)/t23-/m1/s1. The second kappa shape index (κ2) is 11.6. The molecule has 0 spiro atoms. The maximum absolute atomic E-state index is 13.3. The molecule has 1 atom stereocenters. The van der Waals surface area contributed by atoms with Gasteiger partial charge in [-0.1, -0.05) is 23.9 Å². The molecule has 4 rings (SSSR count). The second-order valence-electron chi connectivity index (χ2n) is 8.10. The number of hydrogen-bond acceptors (Lipinski definition) is 7. The normalized spacial score (nSPS) is 16.4. The Morgan fingerprint density at radius 2 is 1.57 bits per heavy atom. The summed E-state index contributed by atoms with van der Waals surface area (Å²) in [6, 6.07) is 20.3. The van der Waals surface area contributed by atoms with Crippen molar-refractivity contribution >= 4 is 46.1 Å². The van der Waals surface area contributed by atoms with Crippen LogP contribution in [-0.4, -0.2) is 52.4 Å². The lowest BCUT2D eigenvalue weighted by atomic mass is 10.1. The van der Waals surface area contributed by atoms with E-state index in [0.29, 0.717) is 28.0 Å². The Hall–Kier alpha value is -4.31. The molecule has 0 aliphatic carbocycles. The third-order valence-corrected chi connectivity index (χ3v) is 6.82. The van der Waals surface area contributed by atoms with E-state index >= 15 is 0 Å². The molecule has 2 amide bonds. The van der Waals surface area contributed by atoms with E-state index in [1.54, 1.807) is 43.4 Å². The molecule has 3 aromatic carbocycles. The van der Waals surface area contributed by atoms with Gasteiger partial charge in [-0.3, -0.25) is 14.5 Å². The first-order chi connectivity index (χ1) is 17.9. The van der Waals surface area contributed by atoms with Crippen molar-refractivity contribution in [3.05, 3.63) is 83.9 Å². The average Bonchev–Trinajstić information content (AvgIpc) is 2.91. The van der Waals surface area contributed by atoms with Crippen molar-refractivity contribution in [2.45, 2.75) is 18.2 Å². The number of anilines is 1. The fraction of sp³-hybridized carbons (Fsp3) is 0.185. The quantitative estimate of drug-likeness (QED) is 0.448. The number of nitrogens with one attached hydrogen (secondary N) is 1. The number of amidine groups is 1. The van der Waals surface area contributed by atoms with Crippen molar-refractivity contribution in [3.8, 4) is 11.5 Å². The molecule has 1 aliphatic heterocycles. The van der Waals surface area contributed by atoms with Crippen LogP contribution in [0.5, 0.6) is 11.5 Å². The first-order valence-electron chi connectivity index (χ1n) is 11.3. The van der Waals surface area contributed by atoms with E-state index in [2.05, 4.69) is 10.3 Å². The molecule has 0 aromatic heterocycles. The van der Waals surface area contributed by atoms with Gasteiger partial charge in [0.05, 0.1) is 32.0 Å². The Bertz CT molecular complexity index is 1310. The van der Waals surface area contributed by atoms with Gasteiger partial charge in [-0.25, -0.2) is 9.79 Å². The van der Waals surface area contributed by atoms with Crippen LogP contribution in [0.4, 0.5) is 11.4 Å². The predicted octanol–water partition coefficient (Wildman–Crippen LogP) is 4.56. The molecule has 190 valence electrons. The van der Waals surface area contributed by atoms with Crippen LogP contribution in [0.3, 0.4) is 0 Å². The number of thioether (sulfide) groups is 1. The van der Waals surface area contributed by atoms with Crippen molar-refractivity contribution in [3.63, 3.8) is 0 Å². The van der Waals surface area contributed by atoms with Crippen LogP contribution < -0.4 is 14.8 Å². The number of benzene rings is 3. The summed E-state index contributed by atoms with van der Waals surface area (Å²) in [6.45, 7) is 0.288. The van der Waals surface area contributed by atoms with E-state index in [-0.39, 0.29) is 30.3 Å². The van der Waals surface area contributed by atoms with E-state index in [4.69, 9.17) is 14.6 Å². The van der Waals surface area contributed by atoms with Crippen molar-refractivity contribution in [1.82, 2.24) is 4.90 Å². The zero-order valence-corrected chi connectivity index (χ0v) is 21.0. The lowest BCUT2D eigenvalue weighted by Crippen LogP contribution is -2.44. The van der Waals surface area contributed by atoms with Crippen LogP contribution in [0, 0.1) is 0 Å². The molecule has 3 aromatic rings. The number of ether oxygens (including phenoxy) is 2. The van der Waals surface area contributed by atoms with E-state index < -0.39 is 11.2 Å². The Balaban J connectivity index is 1.57. The van der Waals surface area contributed by atoms with Crippen LogP contribution in [0.2, 0.25) is 0 Å². The van der Waals surface area contributed by atoms with Crippen LogP contribution >= 0.6 is 11.8 Å². The number of carbonyl (C=O) groups excluding carboxylic acids is 2. The molecule has 10 heteroatoms. The fourth-order valence-electron chi connectivity index (χ4n) is 3.60. The Kier molecular flexibility index (Phi) is 8.09. The van der Waals surface area contributed by atoms with Crippen LogP contribution in [0.25, 0.3) is 0 Å². The zero-order chi connectivity index (χ0) is 26.4. The van der Waals surface area contributed by atoms with Gasteiger partial charge in [0.25, 0.3) is 0 Å². The highest BCUT2D eigenvalue weighted by atomic mass is 32.2. The number of carboxylic acid groups (broad SMARTS) is 1. The van der Waals surface area contributed by atoms with Gasteiger partial charge in [-0.05, 0) is 66.2 Å². The Morgan fingerprint density at radius 3 is 2.14 bits per heavy atom. The summed E-state index contributed by atoms with van der Waals surface area (Å²) in [7, 11) is 3.16. The number of amides is 2. The molecule has 1 fully saturated rings. The number of aromatic carboxylic acids is 1. The molecule has 0 saturated carbocycles. The van der Waals surface area contributed by atoms with Crippen molar-refractivity contribution in [2.24, 2.45) is 4.99 Å². The maximum atomic E-state index is 13.3. The van der Waals surface area contributed by atoms with Gasteiger partial charge < -0.3 is 19.9 Å². The first-order valence-corrected chi connectivity index (χ1v) is 12.2. The summed E-state index contributed by atoms with van der Waals surface area (Å²) in [5, 5.41) is 11.5. The summed E-state index contributed by atoms with van der Waals surface area (Å²) < 4.78 is 10.4. The maximum Gasteiger partial charge on any atom is 0.335 e. The highest BCUT2D eigenvalue weighted by molar-refractivity contribution is 8.15. The highest BCUT2D eigenvalue weighted by Crippen LogP contribution is 2.31. The minimum Gasteiger partial charge on any atom is -0.497 e. The van der Waals surface area contributed by atoms with Gasteiger partial charge >= 0.3 is 5.97 Å². The van der Waals surface area contributed by atoms with Gasteiger partial charge in [-0.2, -0.15) is 0 Å². The summed E-state index contributed by atoms with van der Waals surface area (Å²) in [4.78, 5) is 43.6. The topological polar surface area (TPSA) is 118 Å². The first kappa shape index (κ1) is 25.8. The Morgan fingerprint density at radius 1 is 0.973 bits per heavy atom. The van der Waals surface area contributed by atoms with E-state index in [1.807, 2.05) is 24.3 Å². The van der Waals surface area contributed by atoms with Crippen molar-refractivity contribution in [1.29, 1.82) is 0 Å². The van der Waals surface area contributed by atoms with Gasteiger partial charge in [0.15, 0.2) is 5.17 Å². The summed E-state index contributed by atoms with van der Waals surface area (Å²) >= 11 is 1.20. The molecule has 2 N–H and O–H groups in total. The lowest BCUT2D eigenvalue weighted by Gasteiger charge is -2.32. The van der Waals surface area contributed by atoms with E-state index in [0.717, 1.165) is 5.56 Å². The van der Waals surface area contributed by atoms with Crippen LogP contribution in [0.15, 0.2) is 77.8 Å². The number of hydrogen-bond donors (Lipinski definition) is 2. The van der Waals surface area contributed by atoms with Gasteiger partial charge in [-0.15, -0.1) is 0 Å². The molecular weight excluding hydrogens is 494 g/mol. The highest BCUT2D eigenvalue weighted by Gasteiger charge is 2.36. The molecule has 37 heavy (non-hydrogen) atoms. The van der Waals surface area contributed by atoms with Crippen molar-refractivity contribution < 1.29 is 29.0 Å². The zero-order valence-electron chi connectivity index (χ0n) is 20.2. The minimum absolute atomic E-state index is 0.0124. The Labute approximate surface area is 218 Å². The smallest absolute Gasteiger partial charge is 0.335 e. The molecule has 0 bridgehead atoms. The lowest BCUT2D eigenvalue weighted by molar-refractivity contribution is -0.129. The summed E-state index contributed by atoms with van der Waals surface area (Å²) in [5.74, 6) is -0.264. The molecular formula is C27H25N3O6S. The predicted molar refractivity (Wildman–Crippen MR) is 142 cm³/mol. The van der Waals surface area contributed by atoms with E-state index in [1.165, 1.54) is 36.0 Å². The molecule has 0 radical (unpaired) electrons. The van der Waals surface area contributed by atoms with Gasteiger partial charge in [0, 0.05) is 12.1 Å². The number of rotatable bonds is 8. The number of methoxy groups -OCH3 is 2. The van der Waals surface area contributed by atoms with Gasteiger partial charge in [0.1, 0.15) is 16.7 Å². The number of carbonyl (C=O) groups is 3. The van der Waals surface area contributed by atoms with E-state index in [9.17, 15) is 14.4 Å². The fourth-order valence-corrected chi connectivity index (χ4v) is 4.69. The largest absolute Gasteiger partial charge is 0.497 e. The number of nitrogens with zero attached hydrogens (tertiary/aromatic N) is 2. The summed E-state index contributed by atoms with van der Waals surface area (Å²) in [5.41, 5.74) is 2.06. The molecule has 1 saturated heterocycles. The van der Waals surface area contributed by atoms with Crippen LogP contribution in [0.1, 0.15) is 22.3 Å². The number of aliphatic imine (C=N–C) groups is 1. The molecule has 1 heterocycles. The molecule has 1 aliphatic rings. The van der Waals surface area contributed by atoms with Crippen LogP contribution in [-0.2, 0) is 16.1 Å².